The molecule has 0 saturated heterocycles. The number of alkyl halides is 5. The molecule has 0 amide bonds. The number of hydrogen-bond donors (Lipinski definition) is 0. The van der Waals surface area contributed by atoms with E-state index in [1.807, 2.05) is 0 Å². The van der Waals surface area contributed by atoms with Crippen molar-refractivity contribution < 1.29 is 63.5 Å². The lowest BCUT2D eigenvalue weighted by atomic mass is 10.2. The first-order valence-corrected chi connectivity index (χ1v) is 7.47. The summed E-state index contributed by atoms with van der Waals surface area (Å²) in [7, 11) is -6.50. The van der Waals surface area contributed by atoms with Crippen molar-refractivity contribution in [2.75, 3.05) is 13.2 Å². The molecule has 0 saturated carbocycles. The fraction of sp³-hybridized carbons (Fsp3) is 0.545. The Morgan fingerprint density at radius 2 is 1.65 bits per heavy atom. The van der Waals surface area contributed by atoms with Crippen molar-refractivity contribution in [2.24, 2.45) is 0 Å². The van der Waals surface area contributed by atoms with Crippen LogP contribution in [-0.2, 0) is 38.7 Å². The van der Waals surface area contributed by atoms with Crippen molar-refractivity contribution >= 4 is 27.8 Å². The first-order chi connectivity index (χ1) is 11.5. The molecule has 150 valence electrons. The molecule has 0 aliphatic heterocycles. The van der Waals surface area contributed by atoms with E-state index in [0.717, 1.165) is 6.92 Å². The van der Waals surface area contributed by atoms with Gasteiger partial charge in [0.2, 0.25) is 0 Å². The van der Waals surface area contributed by atoms with E-state index >= 15 is 0 Å². The highest BCUT2D eigenvalue weighted by Crippen LogP contribution is 2.38. The topological polar surface area (TPSA) is 136 Å². The number of esters is 2. The van der Waals surface area contributed by atoms with Crippen molar-refractivity contribution in [3.05, 3.63) is 12.7 Å². The number of halogens is 5. The minimum atomic E-state index is -6.50. The van der Waals surface area contributed by atoms with E-state index in [9.17, 15) is 49.3 Å². The fourth-order valence-electron chi connectivity index (χ4n) is 1.09. The molecule has 1 unspecified atom stereocenters. The summed E-state index contributed by atoms with van der Waals surface area (Å²) in [6, 6.07) is 0. The van der Waals surface area contributed by atoms with Crippen molar-refractivity contribution in [3.63, 3.8) is 0 Å². The monoisotopic (exact) mass is 413 g/mol. The highest BCUT2D eigenvalue weighted by Gasteiger charge is 2.68. The molecule has 0 fully saturated rings. The SMILES string of the molecule is C=CC(=O)OC(OCC(F)(F)S(=O)(=O)[O-])(C(=O)OCC(C)=O)C(F)(F)F. The summed E-state index contributed by atoms with van der Waals surface area (Å²) in [5.41, 5.74) is 0. The zero-order valence-electron chi connectivity index (χ0n) is 12.7. The van der Waals surface area contributed by atoms with Crippen LogP contribution in [0.4, 0.5) is 22.0 Å². The third-order valence-corrected chi connectivity index (χ3v) is 3.12. The maximum atomic E-state index is 13.2. The average Bonchev–Trinajstić information content (AvgIpc) is 2.46. The molecule has 15 heteroatoms. The summed E-state index contributed by atoms with van der Waals surface area (Å²) in [5.74, 6) is -10.6. The largest absolute Gasteiger partial charge is 0.743 e. The maximum Gasteiger partial charge on any atom is 0.468 e. The molecular formula is C11H10F5O9S-. The first-order valence-electron chi connectivity index (χ1n) is 6.06. The Morgan fingerprint density at radius 1 is 1.15 bits per heavy atom. The molecule has 0 bridgehead atoms. The Kier molecular flexibility index (Phi) is 7.39. The summed E-state index contributed by atoms with van der Waals surface area (Å²) in [6.07, 6.45) is -5.99. The number of carbonyl (C=O) groups is 3. The molecule has 0 aromatic carbocycles. The van der Waals surface area contributed by atoms with Crippen molar-refractivity contribution in [2.45, 2.75) is 24.1 Å². The zero-order chi connectivity index (χ0) is 21.0. The molecule has 0 aromatic rings. The molecule has 0 rings (SSSR count). The number of carbonyl (C=O) groups excluding carboxylic acids is 3. The van der Waals surface area contributed by atoms with Gasteiger partial charge < -0.3 is 18.8 Å². The van der Waals surface area contributed by atoms with E-state index in [1.54, 1.807) is 0 Å². The number of Topliss-reactive ketones (excluding diaryl/α,β-unsaturated/α-hetero) is 1. The normalized spacial score (nSPS) is 14.9. The number of ketones is 1. The molecular weight excluding hydrogens is 403 g/mol. The lowest BCUT2D eigenvalue weighted by Gasteiger charge is -2.33. The Balaban J connectivity index is 6.03. The van der Waals surface area contributed by atoms with Gasteiger partial charge in [0.05, 0.1) is 0 Å². The van der Waals surface area contributed by atoms with Gasteiger partial charge in [-0.3, -0.25) is 4.79 Å². The summed E-state index contributed by atoms with van der Waals surface area (Å²) >= 11 is 0. The van der Waals surface area contributed by atoms with Gasteiger partial charge >= 0.3 is 29.2 Å². The maximum absolute atomic E-state index is 13.2. The quantitative estimate of drug-likeness (QED) is 0.171. The van der Waals surface area contributed by atoms with Crippen molar-refractivity contribution in [1.82, 2.24) is 0 Å². The number of ether oxygens (including phenoxy) is 3. The van der Waals surface area contributed by atoms with Crippen LogP contribution in [0.1, 0.15) is 6.92 Å². The predicted octanol–water partition coefficient (Wildman–Crippen LogP) is 0.261. The molecule has 1 atom stereocenters. The van der Waals surface area contributed by atoms with Crippen LogP contribution in [0.2, 0.25) is 0 Å². The van der Waals surface area contributed by atoms with Gasteiger partial charge in [0.15, 0.2) is 15.9 Å². The highest BCUT2D eigenvalue weighted by molar-refractivity contribution is 7.86. The van der Waals surface area contributed by atoms with E-state index in [-0.39, 0.29) is 6.08 Å². The predicted molar refractivity (Wildman–Crippen MR) is 67.3 cm³/mol. The standard InChI is InChI=1S/C11H11F5O9S/c1-3-7(18)25-10(11(14,15)16,8(19)23-4-6(2)17)24-5-9(12,13)26(20,21)22/h3H,1,4-5H2,2H3,(H,20,21,22)/p-1. The molecule has 0 aliphatic carbocycles. The third kappa shape index (κ3) is 5.70. The minimum Gasteiger partial charge on any atom is -0.743 e. The van der Waals surface area contributed by atoms with Gasteiger partial charge in [-0.15, -0.1) is 0 Å². The smallest absolute Gasteiger partial charge is 0.468 e. The first kappa shape index (κ1) is 23.9. The van der Waals surface area contributed by atoms with Crippen LogP contribution in [0.15, 0.2) is 12.7 Å². The van der Waals surface area contributed by atoms with Crippen molar-refractivity contribution in [1.29, 1.82) is 0 Å². The molecule has 0 heterocycles. The molecule has 0 aliphatic rings. The lowest BCUT2D eigenvalue weighted by molar-refractivity contribution is -0.359. The minimum absolute atomic E-state index is 0.0879. The second-order valence-corrected chi connectivity index (χ2v) is 5.90. The Labute approximate surface area is 142 Å². The van der Waals surface area contributed by atoms with Gasteiger partial charge in [-0.2, -0.15) is 22.0 Å². The zero-order valence-corrected chi connectivity index (χ0v) is 13.5. The summed E-state index contributed by atoms with van der Waals surface area (Å²) in [4.78, 5) is 33.4. The molecule has 0 radical (unpaired) electrons. The van der Waals surface area contributed by atoms with Crippen LogP contribution >= 0.6 is 0 Å². The van der Waals surface area contributed by atoms with Gasteiger partial charge in [0.25, 0.3) is 0 Å². The summed E-state index contributed by atoms with van der Waals surface area (Å²) in [6.45, 7) is -0.625. The third-order valence-electron chi connectivity index (χ3n) is 2.27. The highest BCUT2D eigenvalue weighted by atomic mass is 32.2. The molecule has 0 aromatic heterocycles. The molecule has 26 heavy (non-hydrogen) atoms. The van der Waals surface area contributed by atoms with Crippen LogP contribution in [0.25, 0.3) is 0 Å². The van der Waals surface area contributed by atoms with E-state index in [0.29, 0.717) is 0 Å². The second-order valence-electron chi connectivity index (χ2n) is 4.40. The lowest BCUT2D eigenvalue weighted by Crippen LogP contribution is -2.59. The summed E-state index contributed by atoms with van der Waals surface area (Å²) in [5, 5.41) is -5.43. The summed E-state index contributed by atoms with van der Waals surface area (Å²) < 4.78 is 108. The van der Waals surface area contributed by atoms with E-state index in [4.69, 9.17) is 0 Å². The molecule has 0 N–H and O–H groups in total. The van der Waals surface area contributed by atoms with Crippen LogP contribution in [0.3, 0.4) is 0 Å². The van der Waals surface area contributed by atoms with Crippen LogP contribution < -0.4 is 0 Å². The number of rotatable bonds is 9. The number of hydrogen-bond acceptors (Lipinski definition) is 9. The van der Waals surface area contributed by atoms with Crippen LogP contribution in [-0.4, -0.2) is 61.1 Å². The van der Waals surface area contributed by atoms with Crippen molar-refractivity contribution in [3.8, 4) is 0 Å². The van der Waals surface area contributed by atoms with E-state index in [1.165, 1.54) is 0 Å². The van der Waals surface area contributed by atoms with Gasteiger partial charge in [-0.05, 0) is 6.92 Å². The molecule has 0 spiro atoms. The average molecular weight is 413 g/mol. The van der Waals surface area contributed by atoms with E-state index < -0.39 is 58.3 Å². The van der Waals surface area contributed by atoms with E-state index in [2.05, 4.69) is 20.8 Å². The fourth-order valence-corrected chi connectivity index (χ4v) is 1.29. The van der Waals surface area contributed by atoms with Gasteiger partial charge in [0.1, 0.15) is 13.2 Å². The second kappa shape index (κ2) is 8.05. The van der Waals surface area contributed by atoms with Crippen LogP contribution in [0, 0.1) is 0 Å². The van der Waals surface area contributed by atoms with Gasteiger partial charge in [0, 0.05) is 6.08 Å². The Bertz CT molecular complexity index is 685. The Morgan fingerprint density at radius 3 is 2.00 bits per heavy atom. The van der Waals surface area contributed by atoms with Gasteiger partial charge in [-0.25, -0.2) is 18.0 Å². The van der Waals surface area contributed by atoms with Crippen LogP contribution in [0.5, 0.6) is 0 Å². The molecule has 9 nitrogen and oxygen atoms in total. The Hall–Kier alpha value is -2.13. The van der Waals surface area contributed by atoms with Gasteiger partial charge in [-0.1, -0.05) is 6.58 Å².